The Hall–Kier alpha value is -1.77. The van der Waals surface area contributed by atoms with Gasteiger partial charge in [-0.15, -0.1) is 11.3 Å². The summed E-state index contributed by atoms with van der Waals surface area (Å²) in [5.41, 5.74) is 1.13. The van der Waals surface area contributed by atoms with Crippen LogP contribution in [0.2, 0.25) is 0 Å². The summed E-state index contributed by atoms with van der Waals surface area (Å²) in [7, 11) is 1.82. The Kier molecular flexibility index (Phi) is 4.34. The predicted octanol–water partition coefficient (Wildman–Crippen LogP) is 1.67. The first-order valence-corrected chi connectivity index (χ1v) is 9.14. The third-order valence-corrected chi connectivity index (χ3v) is 5.80. The molecule has 2 N–H and O–H groups in total. The maximum absolute atomic E-state index is 12.5. The van der Waals surface area contributed by atoms with Crippen molar-refractivity contribution in [2.45, 2.75) is 31.8 Å². The molecule has 1 amide bonds. The number of fused-ring (bicyclic) bond motifs is 1. The van der Waals surface area contributed by atoms with Gasteiger partial charge in [0.2, 0.25) is 5.95 Å². The Labute approximate surface area is 144 Å². The molecule has 0 bridgehead atoms. The molecule has 8 heteroatoms. The van der Waals surface area contributed by atoms with Gasteiger partial charge in [-0.1, -0.05) is 0 Å². The van der Waals surface area contributed by atoms with Gasteiger partial charge in [0.05, 0.1) is 18.1 Å². The minimum Gasteiger partial charge on any atom is -0.376 e. The number of aryl methyl sites for hydroxylation is 1. The van der Waals surface area contributed by atoms with Gasteiger partial charge in [0.1, 0.15) is 0 Å². The van der Waals surface area contributed by atoms with Crippen LogP contribution in [0.25, 0.3) is 0 Å². The largest absolute Gasteiger partial charge is 0.376 e. The third kappa shape index (κ3) is 3.09. The highest BCUT2D eigenvalue weighted by molar-refractivity contribution is 7.14. The number of piperidine rings is 1. The number of carbonyl (C=O) groups is 1. The number of aromatic nitrogens is 3. The standard InChI is InChI=1S/C16H21N5O2S/c1-21-16(18-14(20-21)10-2-5-17-6-3-10)19-15(22)13-8-11-9-23-7-4-12(11)24-13/h8,10,17H,2-7,9H2,1H3,(H,18,19,20,22). The second-order valence-electron chi connectivity index (χ2n) is 6.26. The summed E-state index contributed by atoms with van der Waals surface area (Å²) < 4.78 is 7.10. The fraction of sp³-hybridized carbons (Fsp3) is 0.562. The Morgan fingerprint density at radius 2 is 2.29 bits per heavy atom. The van der Waals surface area contributed by atoms with Crippen molar-refractivity contribution in [3.05, 3.63) is 27.2 Å². The average Bonchev–Trinajstić information content (AvgIpc) is 3.20. The molecule has 2 aromatic heterocycles. The maximum Gasteiger partial charge on any atom is 0.268 e. The van der Waals surface area contributed by atoms with Crippen molar-refractivity contribution in [1.29, 1.82) is 0 Å². The van der Waals surface area contributed by atoms with Gasteiger partial charge in [0, 0.05) is 24.3 Å². The highest BCUT2D eigenvalue weighted by Crippen LogP contribution is 2.28. The zero-order valence-corrected chi connectivity index (χ0v) is 14.5. The van der Waals surface area contributed by atoms with Crippen molar-refractivity contribution in [3.8, 4) is 0 Å². The first-order chi connectivity index (χ1) is 11.7. The molecule has 2 aliphatic heterocycles. The van der Waals surface area contributed by atoms with E-state index in [9.17, 15) is 4.79 Å². The number of nitrogens with one attached hydrogen (secondary N) is 2. The van der Waals surface area contributed by atoms with E-state index in [0.29, 0.717) is 23.4 Å². The summed E-state index contributed by atoms with van der Waals surface area (Å²) in [5, 5.41) is 10.7. The molecule has 0 unspecified atom stereocenters. The molecule has 24 heavy (non-hydrogen) atoms. The molecule has 0 radical (unpaired) electrons. The smallest absolute Gasteiger partial charge is 0.268 e. The molecule has 0 saturated carbocycles. The monoisotopic (exact) mass is 347 g/mol. The summed E-state index contributed by atoms with van der Waals surface area (Å²) in [6.07, 6.45) is 2.96. The number of hydrogen-bond acceptors (Lipinski definition) is 6. The van der Waals surface area contributed by atoms with Crippen LogP contribution < -0.4 is 10.6 Å². The minimum atomic E-state index is -0.123. The first kappa shape index (κ1) is 15.7. The van der Waals surface area contributed by atoms with Crippen LogP contribution in [0, 0.1) is 0 Å². The minimum absolute atomic E-state index is 0.123. The molecule has 2 aromatic rings. The van der Waals surface area contributed by atoms with Crippen LogP contribution in [0.5, 0.6) is 0 Å². The molecule has 4 heterocycles. The molecule has 7 nitrogen and oxygen atoms in total. The quantitative estimate of drug-likeness (QED) is 0.883. The molecule has 128 valence electrons. The van der Waals surface area contributed by atoms with Crippen LogP contribution in [-0.4, -0.2) is 40.4 Å². The zero-order valence-electron chi connectivity index (χ0n) is 13.7. The van der Waals surface area contributed by atoms with E-state index in [4.69, 9.17) is 4.74 Å². The van der Waals surface area contributed by atoms with Gasteiger partial charge >= 0.3 is 0 Å². The lowest BCUT2D eigenvalue weighted by Gasteiger charge is -2.19. The Balaban J connectivity index is 1.49. The third-order valence-electron chi connectivity index (χ3n) is 4.56. The molecular formula is C16H21N5O2S. The normalized spacial score (nSPS) is 18.4. The Bertz CT molecular complexity index is 724. The predicted molar refractivity (Wildman–Crippen MR) is 91.5 cm³/mol. The summed E-state index contributed by atoms with van der Waals surface area (Å²) in [5.74, 6) is 1.58. The van der Waals surface area contributed by atoms with Crippen LogP contribution in [0.15, 0.2) is 6.07 Å². The van der Waals surface area contributed by atoms with E-state index in [1.807, 2.05) is 13.1 Å². The van der Waals surface area contributed by atoms with Gasteiger partial charge in [-0.05, 0) is 37.6 Å². The highest BCUT2D eigenvalue weighted by atomic mass is 32.1. The summed E-state index contributed by atoms with van der Waals surface area (Å²) in [4.78, 5) is 19.0. The number of rotatable bonds is 3. The van der Waals surface area contributed by atoms with Gasteiger partial charge in [-0.2, -0.15) is 10.1 Å². The number of ether oxygens (including phenoxy) is 1. The Morgan fingerprint density at radius 3 is 3.08 bits per heavy atom. The van der Waals surface area contributed by atoms with Crippen LogP contribution in [-0.2, 0) is 24.8 Å². The lowest BCUT2D eigenvalue weighted by atomic mass is 9.98. The van der Waals surface area contributed by atoms with Gasteiger partial charge in [0.15, 0.2) is 5.82 Å². The first-order valence-electron chi connectivity index (χ1n) is 8.33. The van der Waals surface area contributed by atoms with Crippen LogP contribution >= 0.6 is 11.3 Å². The molecule has 0 aromatic carbocycles. The number of nitrogens with zero attached hydrogens (tertiary/aromatic N) is 3. The van der Waals surface area contributed by atoms with E-state index in [1.165, 1.54) is 4.88 Å². The van der Waals surface area contributed by atoms with E-state index in [2.05, 4.69) is 20.7 Å². The molecule has 0 spiro atoms. The number of thiophene rings is 1. The van der Waals surface area contributed by atoms with Crippen molar-refractivity contribution in [3.63, 3.8) is 0 Å². The number of anilines is 1. The maximum atomic E-state index is 12.5. The van der Waals surface area contributed by atoms with Crippen molar-refractivity contribution < 1.29 is 9.53 Å². The van der Waals surface area contributed by atoms with E-state index >= 15 is 0 Å². The SMILES string of the molecule is Cn1nc(C2CCNCC2)nc1NC(=O)c1cc2c(s1)CCOC2. The number of hydrogen-bond donors (Lipinski definition) is 2. The van der Waals surface area contributed by atoms with Gasteiger partial charge in [0.25, 0.3) is 5.91 Å². The topological polar surface area (TPSA) is 81.1 Å². The van der Waals surface area contributed by atoms with Crippen molar-refractivity contribution in [2.24, 2.45) is 7.05 Å². The number of amides is 1. The zero-order chi connectivity index (χ0) is 16.5. The number of carbonyl (C=O) groups excluding carboxylic acids is 1. The van der Waals surface area contributed by atoms with Gasteiger partial charge in [-0.25, -0.2) is 4.68 Å². The molecule has 4 rings (SSSR count). The van der Waals surface area contributed by atoms with Crippen LogP contribution in [0.3, 0.4) is 0 Å². The molecule has 0 atom stereocenters. The van der Waals surface area contributed by atoms with Crippen molar-refractivity contribution in [1.82, 2.24) is 20.1 Å². The average molecular weight is 347 g/mol. The van der Waals surface area contributed by atoms with E-state index in [1.54, 1.807) is 16.0 Å². The fourth-order valence-electron chi connectivity index (χ4n) is 3.19. The summed E-state index contributed by atoms with van der Waals surface area (Å²) >= 11 is 1.55. The van der Waals surface area contributed by atoms with E-state index in [0.717, 1.165) is 50.3 Å². The second kappa shape index (κ2) is 6.62. The Morgan fingerprint density at radius 1 is 1.46 bits per heavy atom. The summed E-state index contributed by atoms with van der Waals surface area (Å²) in [6, 6.07) is 1.93. The lowest BCUT2D eigenvalue weighted by Crippen LogP contribution is -2.27. The molecule has 1 saturated heterocycles. The molecule has 1 fully saturated rings. The fourth-order valence-corrected chi connectivity index (χ4v) is 4.23. The van der Waals surface area contributed by atoms with Crippen LogP contribution in [0.1, 0.15) is 44.7 Å². The van der Waals surface area contributed by atoms with Crippen molar-refractivity contribution >= 4 is 23.2 Å². The van der Waals surface area contributed by atoms with Gasteiger partial charge < -0.3 is 10.1 Å². The molecule has 2 aliphatic rings. The summed E-state index contributed by atoms with van der Waals surface area (Å²) in [6.45, 7) is 3.32. The molecular weight excluding hydrogens is 326 g/mol. The highest BCUT2D eigenvalue weighted by Gasteiger charge is 2.23. The van der Waals surface area contributed by atoms with E-state index < -0.39 is 0 Å². The molecule has 0 aliphatic carbocycles. The van der Waals surface area contributed by atoms with Crippen molar-refractivity contribution in [2.75, 3.05) is 25.0 Å². The van der Waals surface area contributed by atoms with E-state index in [-0.39, 0.29) is 5.91 Å². The van der Waals surface area contributed by atoms with Crippen LogP contribution in [0.4, 0.5) is 5.95 Å². The lowest BCUT2D eigenvalue weighted by molar-refractivity contribution is 0.102. The second-order valence-corrected chi connectivity index (χ2v) is 7.39. The van der Waals surface area contributed by atoms with Gasteiger partial charge in [-0.3, -0.25) is 10.1 Å².